The van der Waals surface area contributed by atoms with Crippen LogP contribution >= 0.6 is 23.2 Å². The first-order valence-corrected chi connectivity index (χ1v) is 12.4. The summed E-state index contributed by atoms with van der Waals surface area (Å²) in [7, 11) is 1.69. The van der Waals surface area contributed by atoms with Crippen LogP contribution in [-0.4, -0.2) is 53.0 Å². The minimum absolute atomic E-state index is 0.526. The SMILES string of the molecule is COc1ccc(N2CCN(Cc3nc(-c4ccccc4)n(Cc4ccc(Cl)cc4Cl)n3)CC2)cc1. The Hall–Kier alpha value is -3.06. The molecule has 1 saturated heterocycles. The number of hydrogen-bond acceptors (Lipinski definition) is 5. The van der Waals surface area contributed by atoms with Gasteiger partial charge < -0.3 is 9.64 Å². The van der Waals surface area contributed by atoms with Gasteiger partial charge in [-0.25, -0.2) is 9.67 Å². The van der Waals surface area contributed by atoms with E-state index in [4.69, 9.17) is 38.0 Å². The highest BCUT2D eigenvalue weighted by Crippen LogP contribution is 2.25. The number of piperazine rings is 1. The summed E-state index contributed by atoms with van der Waals surface area (Å²) < 4.78 is 7.21. The van der Waals surface area contributed by atoms with Crippen LogP contribution in [0.25, 0.3) is 11.4 Å². The molecule has 6 nitrogen and oxygen atoms in total. The van der Waals surface area contributed by atoms with Gasteiger partial charge in [0, 0.05) is 47.5 Å². The molecule has 180 valence electrons. The van der Waals surface area contributed by atoms with Gasteiger partial charge in [-0.2, -0.15) is 5.10 Å². The fraction of sp³-hybridized carbons (Fsp3) is 0.259. The maximum atomic E-state index is 6.46. The van der Waals surface area contributed by atoms with Crippen molar-refractivity contribution in [3.05, 3.63) is 94.2 Å². The molecule has 1 aromatic heterocycles. The topological polar surface area (TPSA) is 46.4 Å². The van der Waals surface area contributed by atoms with Crippen molar-refractivity contribution in [3.63, 3.8) is 0 Å². The lowest BCUT2D eigenvalue weighted by atomic mass is 10.2. The van der Waals surface area contributed by atoms with Gasteiger partial charge in [-0.05, 0) is 42.0 Å². The Morgan fingerprint density at radius 1 is 0.857 bits per heavy atom. The molecule has 0 aliphatic carbocycles. The summed E-state index contributed by atoms with van der Waals surface area (Å²) in [5.41, 5.74) is 3.21. The lowest BCUT2D eigenvalue weighted by molar-refractivity contribution is 0.244. The summed E-state index contributed by atoms with van der Waals surface area (Å²) in [5, 5.41) is 6.13. The molecule has 0 spiro atoms. The molecule has 0 amide bonds. The predicted octanol–water partition coefficient (Wildman–Crippen LogP) is 5.63. The fourth-order valence-corrected chi connectivity index (χ4v) is 4.80. The first-order valence-electron chi connectivity index (χ1n) is 11.6. The van der Waals surface area contributed by atoms with E-state index in [0.29, 0.717) is 23.1 Å². The van der Waals surface area contributed by atoms with E-state index in [1.165, 1.54) is 5.69 Å². The van der Waals surface area contributed by atoms with Gasteiger partial charge >= 0.3 is 0 Å². The van der Waals surface area contributed by atoms with E-state index in [-0.39, 0.29) is 0 Å². The van der Waals surface area contributed by atoms with Crippen molar-refractivity contribution in [1.29, 1.82) is 0 Å². The van der Waals surface area contributed by atoms with Crippen molar-refractivity contribution >= 4 is 28.9 Å². The van der Waals surface area contributed by atoms with E-state index in [1.54, 1.807) is 13.2 Å². The molecule has 1 aliphatic rings. The molecular weight excluding hydrogens is 481 g/mol. The van der Waals surface area contributed by atoms with Crippen LogP contribution in [0.3, 0.4) is 0 Å². The molecule has 0 bridgehead atoms. The van der Waals surface area contributed by atoms with E-state index >= 15 is 0 Å². The number of anilines is 1. The Labute approximate surface area is 215 Å². The maximum Gasteiger partial charge on any atom is 0.165 e. The molecule has 3 aromatic carbocycles. The van der Waals surface area contributed by atoms with Crippen molar-refractivity contribution in [2.24, 2.45) is 0 Å². The molecule has 1 aliphatic heterocycles. The molecule has 2 heterocycles. The van der Waals surface area contributed by atoms with Crippen LogP contribution in [0.5, 0.6) is 5.75 Å². The molecule has 0 radical (unpaired) electrons. The molecule has 35 heavy (non-hydrogen) atoms. The predicted molar refractivity (Wildman–Crippen MR) is 142 cm³/mol. The van der Waals surface area contributed by atoms with Crippen LogP contribution < -0.4 is 9.64 Å². The van der Waals surface area contributed by atoms with E-state index in [0.717, 1.165) is 54.7 Å². The Kier molecular flexibility index (Phi) is 7.23. The van der Waals surface area contributed by atoms with Crippen LogP contribution in [0.2, 0.25) is 10.0 Å². The maximum absolute atomic E-state index is 6.46. The molecule has 4 aromatic rings. The molecule has 0 N–H and O–H groups in total. The van der Waals surface area contributed by atoms with Gasteiger partial charge in [-0.1, -0.05) is 59.6 Å². The van der Waals surface area contributed by atoms with Crippen molar-refractivity contribution in [1.82, 2.24) is 19.7 Å². The highest BCUT2D eigenvalue weighted by Gasteiger charge is 2.20. The number of rotatable bonds is 7. The molecule has 0 unspecified atom stereocenters. The largest absolute Gasteiger partial charge is 0.497 e. The van der Waals surface area contributed by atoms with Gasteiger partial charge in [-0.3, -0.25) is 4.90 Å². The van der Waals surface area contributed by atoms with Crippen LogP contribution in [-0.2, 0) is 13.1 Å². The van der Waals surface area contributed by atoms with E-state index < -0.39 is 0 Å². The molecule has 0 saturated carbocycles. The highest BCUT2D eigenvalue weighted by molar-refractivity contribution is 6.35. The average molecular weight is 508 g/mol. The van der Waals surface area contributed by atoms with E-state index in [2.05, 4.69) is 34.1 Å². The van der Waals surface area contributed by atoms with Crippen LogP contribution in [0.4, 0.5) is 5.69 Å². The third-order valence-corrected chi connectivity index (χ3v) is 6.84. The summed E-state index contributed by atoms with van der Waals surface area (Å²) in [5.74, 6) is 2.53. The summed E-state index contributed by atoms with van der Waals surface area (Å²) in [6, 6.07) is 24.0. The monoisotopic (exact) mass is 507 g/mol. The van der Waals surface area contributed by atoms with Gasteiger partial charge in [0.15, 0.2) is 11.6 Å². The second kappa shape index (κ2) is 10.7. The minimum Gasteiger partial charge on any atom is -0.497 e. The Morgan fingerprint density at radius 2 is 1.60 bits per heavy atom. The summed E-state index contributed by atoms with van der Waals surface area (Å²) >= 11 is 12.5. The van der Waals surface area contributed by atoms with Crippen molar-refractivity contribution < 1.29 is 4.74 Å². The number of halogens is 2. The summed E-state index contributed by atoms with van der Waals surface area (Å²) in [6.45, 7) is 5.04. The number of benzene rings is 3. The zero-order valence-corrected chi connectivity index (χ0v) is 21.1. The average Bonchev–Trinajstić information content (AvgIpc) is 3.29. The smallest absolute Gasteiger partial charge is 0.165 e. The molecular formula is C27H27Cl2N5O. The standard InChI is InChI=1S/C27H27Cl2N5O/c1-35-24-11-9-23(10-12-24)33-15-13-32(14-16-33)19-26-30-27(20-5-3-2-4-6-20)34(31-26)18-21-7-8-22(28)17-25(21)29/h2-12,17H,13-16,18-19H2,1H3. The van der Waals surface area contributed by atoms with Crippen LogP contribution in [0, 0.1) is 0 Å². The van der Waals surface area contributed by atoms with Gasteiger partial charge in [-0.15, -0.1) is 0 Å². The summed E-state index contributed by atoms with van der Waals surface area (Å²) in [4.78, 5) is 9.74. The van der Waals surface area contributed by atoms with E-state index in [9.17, 15) is 0 Å². The number of ether oxygens (including phenoxy) is 1. The normalized spacial score (nSPS) is 14.3. The molecule has 8 heteroatoms. The van der Waals surface area contributed by atoms with Crippen molar-refractivity contribution in [3.8, 4) is 17.1 Å². The van der Waals surface area contributed by atoms with Crippen LogP contribution in [0.1, 0.15) is 11.4 Å². The number of methoxy groups -OCH3 is 1. The van der Waals surface area contributed by atoms with Crippen LogP contribution in [0.15, 0.2) is 72.8 Å². The van der Waals surface area contributed by atoms with Gasteiger partial charge in [0.25, 0.3) is 0 Å². The first kappa shape index (κ1) is 23.7. The lowest BCUT2D eigenvalue weighted by Crippen LogP contribution is -2.46. The highest BCUT2D eigenvalue weighted by atomic mass is 35.5. The number of aromatic nitrogens is 3. The number of hydrogen-bond donors (Lipinski definition) is 0. The zero-order chi connectivity index (χ0) is 24.2. The van der Waals surface area contributed by atoms with Crippen molar-refractivity contribution in [2.45, 2.75) is 13.1 Å². The Balaban J connectivity index is 1.31. The van der Waals surface area contributed by atoms with Crippen molar-refractivity contribution in [2.75, 3.05) is 38.2 Å². The Morgan fingerprint density at radius 3 is 2.29 bits per heavy atom. The van der Waals surface area contributed by atoms with Gasteiger partial charge in [0.2, 0.25) is 0 Å². The van der Waals surface area contributed by atoms with Gasteiger partial charge in [0.05, 0.1) is 20.2 Å². The Bertz CT molecular complexity index is 1270. The lowest BCUT2D eigenvalue weighted by Gasteiger charge is -2.35. The van der Waals surface area contributed by atoms with E-state index in [1.807, 2.05) is 47.1 Å². The fourth-order valence-electron chi connectivity index (χ4n) is 4.34. The molecule has 5 rings (SSSR count). The van der Waals surface area contributed by atoms with Gasteiger partial charge in [0.1, 0.15) is 5.75 Å². The second-order valence-corrected chi connectivity index (χ2v) is 9.42. The third kappa shape index (κ3) is 5.61. The minimum atomic E-state index is 0.526. The molecule has 1 fully saturated rings. The quantitative estimate of drug-likeness (QED) is 0.324. The number of nitrogens with zero attached hydrogens (tertiary/aromatic N) is 5. The zero-order valence-electron chi connectivity index (χ0n) is 19.6. The summed E-state index contributed by atoms with van der Waals surface area (Å²) in [6.07, 6.45) is 0. The second-order valence-electron chi connectivity index (χ2n) is 8.57. The first-order chi connectivity index (χ1) is 17.1. The third-order valence-electron chi connectivity index (χ3n) is 6.26. The molecule has 0 atom stereocenters.